The lowest BCUT2D eigenvalue weighted by Crippen LogP contribution is -2.53. The Morgan fingerprint density at radius 2 is 1.96 bits per heavy atom. The van der Waals surface area contributed by atoms with Crippen LogP contribution in [-0.4, -0.2) is 24.6 Å². The first kappa shape index (κ1) is 16.5. The molecule has 3 N–H and O–H groups in total. The van der Waals surface area contributed by atoms with Gasteiger partial charge in [-0.1, -0.05) is 42.7 Å². The Morgan fingerprint density at radius 3 is 2.65 bits per heavy atom. The Hall–Kier alpha value is -1.39. The summed E-state index contributed by atoms with van der Waals surface area (Å²) in [5.74, 6) is 0.337. The van der Waals surface area contributed by atoms with Crippen molar-refractivity contribution in [3.05, 3.63) is 35.4 Å². The summed E-state index contributed by atoms with van der Waals surface area (Å²) in [5.41, 5.74) is 8.05. The number of hydrogen-bond donors (Lipinski definition) is 2. The second-order valence-electron chi connectivity index (χ2n) is 7.18. The van der Waals surface area contributed by atoms with E-state index in [9.17, 15) is 4.79 Å². The number of hydrogen-bond acceptors (Lipinski definition) is 3. The molecule has 1 heterocycles. The fourth-order valence-electron chi connectivity index (χ4n) is 3.81. The molecule has 0 radical (unpaired) electrons. The zero-order valence-corrected chi connectivity index (χ0v) is 14.0. The van der Waals surface area contributed by atoms with Gasteiger partial charge in [-0.15, -0.1) is 0 Å². The van der Waals surface area contributed by atoms with E-state index in [0.29, 0.717) is 12.5 Å². The van der Waals surface area contributed by atoms with Crippen molar-refractivity contribution in [2.45, 2.75) is 57.1 Å². The molecule has 126 valence electrons. The third kappa shape index (κ3) is 3.75. The molecule has 23 heavy (non-hydrogen) atoms. The number of benzene rings is 1. The number of nitrogens with two attached hydrogens (primary N) is 1. The van der Waals surface area contributed by atoms with Crippen molar-refractivity contribution < 1.29 is 9.53 Å². The Kier molecular flexibility index (Phi) is 5.02. The fraction of sp³-hybridized carbons (Fsp3) is 0.632. The molecule has 3 rings (SSSR count). The van der Waals surface area contributed by atoms with Crippen LogP contribution in [0, 0.1) is 12.8 Å². The quantitative estimate of drug-likeness (QED) is 0.898. The van der Waals surface area contributed by atoms with Gasteiger partial charge < -0.3 is 15.8 Å². The number of carbonyl (C=O) groups is 1. The number of carbonyl (C=O) groups excluding carboxylic acids is 1. The van der Waals surface area contributed by atoms with Crippen LogP contribution in [0.15, 0.2) is 24.3 Å². The van der Waals surface area contributed by atoms with Crippen LogP contribution in [0.1, 0.15) is 55.8 Å². The topological polar surface area (TPSA) is 64.3 Å². The SMILES string of the molecule is Cc1ccc(C2OCCCC2CNC(=O)C2(N)CCCC2)cc1. The standard InChI is InChI=1S/C19H28N2O2/c1-14-6-8-15(9-7-14)17-16(5-4-12-23-17)13-21-18(22)19(20)10-2-3-11-19/h6-9,16-17H,2-5,10-13,20H2,1H3,(H,21,22). The maximum atomic E-state index is 12.4. The molecular formula is C19H28N2O2. The van der Waals surface area contributed by atoms with Crippen LogP contribution in [0.4, 0.5) is 0 Å². The zero-order chi connectivity index (χ0) is 16.3. The predicted octanol–water partition coefficient (Wildman–Crippen LogP) is 2.85. The highest BCUT2D eigenvalue weighted by molar-refractivity contribution is 5.86. The molecule has 4 nitrogen and oxygen atoms in total. The van der Waals surface area contributed by atoms with Crippen molar-refractivity contribution in [2.24, 2.45) is 11.7 Å². The average Bonchev–Trinajstić information content (AvgIpc) is 3.02. The first-order chi connectivity index (χ1) is 11.1. The second-order valence-corrected chi connectivity index (χ2v) is 7.18. The summed E-state index contributed by atoms with van der Waals surface area (Å²) in [4.78, 5) is 12.4. The summed E-state index contributed by atoms with van der Waals surface area (Å²) < 4.78 is 6.02. The molecule has 4 heteroatoms. The van der Waals surface area contributed by atoms with Crippen molar-refractivity contribution in [3.8, 4) is 0 Å². The van der Waals surface area contributed by atoms with Crippen LogP contribution >= 0.6 is 0 Å². The molecule has 1 aromatic rings. The second kappa shape index (κ2) is 7.02. The van der Waals surface area contributed by atoms with Gasteiger partial charge in [0.15, 0.2) is 0 Å². The summed E-state index contributed by atoms with van der Waals surface area (Å²) in [7, 11) is 0. The van der Waals surface area contributed by atoms with Gasteiger partial charge in [-0.05, 0) is 38.2 Å². The summed E-state index contributed by atoms with van der Waals surface area (Å²) in [5, 5.41) is 3.10. The highest BCUT2D eigenvalue weighted by Crippen LogP contribution is 2.34. The summed E-state index contributed by atoms with van der Waals surface area (Å²) in [6.45, 7) is 3.53. The average molecular weight is 316 g/mol. The minimum absolute atomic E-state index is 0.0169. The number of nitrogens with one attached hydrogen (secondary N) is 1. The molecule has 2 atom stereocenters. The van der Waals surface area contributed by atoms with Gasteiger partial charge in [0.1, 0.15) is 0 Å². The largest absolute Gasteiger partial charge is 0.373 e. The van der Waals surface area contributed by atoms with Gasteiger partial charge in [-0.3, -0.25) is 4.79 Å². The van der Waals surface area contributed by atoms with Crippen LogP contribution in [0.25, 0.3) is 0 Å². The fourth-order valence-corrected chi connectivity index (χ4v) is 3.81. The first-order valence-corrected chi connectivity index (χ1v) is 8.84. The Bertz CT molecular complexity index is 535. The molecular weight excluding hydrogens is 288 g/mol. The van der Waals surface area contributed by atoms with Crippen LogP contribution in [0.3, 0.4) is 0 Å². The molecule has 1 aliphatic heterocycles. The van der Waals surface area contributed by atoms with Crippen molar-refractivity contribution in [3.63, 3.8) is 0 Å². The van der Waals surface area contributed by atoms with Crippen molar-refractivity contribution in [1.29, 1.82) is 0 Å². The van der Waals surface area contributed by atoms with Gasteiger partial charge in [0.25, 0.3) is 0 Å². The number of rotatable bonds is 4. The number of ether oxygens (including phenoxy) is 1. The minimum Gasteiger partial charge on any atom is -0.373 e. The molecule has 1 amide bonds. The predicted molar refractivity (Wildman–Crippen MR) is 91.0 cm³/mol. The van der Waals surface area contributed by atoms with E-state index < -0.39 is 5.54 Å². The first-order valence-electron chi connectivity index (χ1n) is 8.84. The maximum absolute atomic E-state index is 12.4. The molecule has 0 spiro atoms. The molecule has 0 bridgehead atoms. The lowest BCUT2D eigenvalue weighted by molar-refractivity contribution is -0.127. The number of aryl methyl sites for hydroxylation is 1. The van der Waals surface area contributed by atoms with E-state index in [1.807, 2.05) is 0 Å². The maximum Gasteiger partial charge on any atom is 0.240 e. The number of amides is 1. The minimum atomic E-state index is -0.644. The lowest BCUT2D eigenvalue weighted by Gasteiger charge is -2.33. The Balaban J connectivity index is 1.62. The summed E-state index contributed by atoms with van der Waals surface area (Å²) >= 11 is 0. The smallest absolute Gasteiger partial charge is 0.240 e. The Morgan fingerprint density at radius 1 is 1.26 bits per heavy atom. The summed E-state index contributed by atoms with van der Waals surface area (Å²) in [6.07, 6.45) is 5.93. The molecule has 0 aromatic heterocycles. The van der Waals surface area contributed by atoms with E-state index in [0.717, 1.165) is 45.1 Å². The van der Waals surface area contributed by atoms with Crippen LogP contribution in [-0.2, 0) is 9.53 Å². The molecule has 1 aromatic carbocycles. The van der Waals surface area contributed by atoms with E-state index in [1.54, 1.807) is 0 Å². The Labute approximate surface area is 138 Å². The molecule has 1 aliphatic carbocycles. The zero-order valence-electron chi connectivity index (χ0n) is 14.0. The third-order valence-electron chi connectivity index (χ3n) is 5.32. The van der Waals surface area contributed by atoms with E-state index in [2.05, 4.69) is 36.5 Å². The van der Waals surface area contributed by atoms with Crippen LogP contribution in [0.5, 0.6) is 0 Å². The van der Waals surface area contributed by atoms with Gasteiger partial charge >= 0.3 is 0 Å². The van der Waals surface area contributed by atoms with Gasteiger partial charge in [0, 0.05) is 19.1 Å². The highest BCUT2D eigenvalue weighted by Gasteiger charge is 2.37. The highest BCUT2D eigenvalue weighted by atomic mass is 16.5. The van der Waals surface area contributed by atoms with E-state index in [1.165, 1.54) is 11.1 Å². The van der Waals surface area contributed by atoms with E-state index in [-0.39, 0.29) is 12.0 Å². The lowest BCUT2D eigenvalue weighted by atomic mass is 9.88. The van der Waals surface area contributed by atoms with Gasteiger partial charge in [-0.2, -0.15) is 0 Å². The van der Waals surface area contributed by atoms with Gasteiger partial charge in [0.2, 0.25) is 5.91 Å². The van der Waals surface area contributed by atoms with Gasteiger partial charge in [-0.25, -0.2) is 0 Å². The normalized spacial score (nSPS) is 26.9. The van der Waals surface area contributed by atoms with E-state index in [4.69, 9.17) is 10.5 Å². The monoisotopic (exact) mass is 316 g/mol. The van der Waals surface area contributed by atoms with E-state index >= 15 is 0 Å². The molecule has 2 fully saturated rings. The van der Waals surface area contributed by atoms with Crippen molar-refractivity contribution >= 4 is 5.91 Å². The molecule has 2 aliphatic rings. The van der Waals surface area contributed by atoms with Crippen molar-refractivity contribution in [1.82, 2.24) is 5.32 Å². The molecule has 1 saturated heterocycles. The summed E-state index contributed by atoms with van der Waals surface area (Å²) in [6, 6.07) is 8.52. The molecule has 1 saturated carbocycles. The van der Waals surface area contributed by atoms with Crippen LogP contribution in [0.2, 0.25) is 0 Å². The van der Waals surface area contributed by atoms with Gasteiger partial charge in [0.05, 0.1) is 11.6 Å². The van der Waals surface area contributed by atoms with Crippen LogP contribution < -0.4 is 11.1 Å². The van der Waals surface area contributed by atoms with Crippen molar-refractivity contribution in [2.75, 3.05) is 13.2 Å². The third-order valence-corrected chi connectivity index (χ3v) is 5.32. The molecule has 2 unspecified atom stereocenters.